The van der Waals surface area contributed by atoms with E-state index in [1.54, 1.807) is 74.3 Å². The number of methoxy groups -OCH3 is 1. The van der Waals surface area contributed by atoms with E-state index in [0.717, 1.165) is 127 Å². The van der Waals surface area contributed by atoms with Crippen molar-refractivity contribution in [2.24, 2.45) is 17.8 Å². The van der Waals surface area contributed by atoms with E-state index in [9.17, 15) is 61.9 Å². The zero-order chi connectivity index (χ0) is 104. The lowest BCUT2D eigenvalue weighted by Gasteiger charge is -2.28. The average molecular weight is 2150 g/mol. The number of alkyl halides is 1. The Bertz CT molecular complexity index is 6180. The Morgan fingerprint density at radius 3 is 1.28 bits per heavy atom. The highest BCUT2D eigenvalue weighted by Crippen LogP contribution is 2.45. The molecule has 4 saturated heterocycles. The number of ether oxygens (including phenoxy) is 1. The first-order chi connectivity index (χ1) is 68.9. The Labute approximate surface area is 881 Å². The van der Waals surface area contributed by atoms with Gasteiger partial charge in [-0.15, -0.1) is 0 Å². The van der Waals surface area contributed by atoms with E-state index >= 15 is 0 Å². The van der Waals surface area contributed by atoms with Crippen molar-refractivity contribution < 1.29 is 66.7 Å². The van der Waals surface area contributed by atoms with Gasteiger partial charge in [-0.05, 0) is 246 Å². The zero-order valence-electron chi connectivity index (χ0n) is 82.2. The summed E-state index contributed by atoms with van der Waals surface area (Å²) in [5, 5.41) is 14.7. The lowest BCUT2D eigenvalue weighted by molar-refractivity contribution is -0.128. The number of thiazole rings is 4. The minimum absolute atomic E-state index is 0.00973. The predicted octanol–water partition coefficient (Wildman–Crippen LogP) is 18.9. The van der Waals surface area contributed by atoms with Crippen LogP contribution in [-0.4, -0.2) is 266 Å². The summed E-state index contributed by atoms with van der Waals surface area (Å²) in [6, 6.07) is 22.0. The van der Waals surface area contributed by atoms with Crippen molar-refractivity contribution in [2.45, 2.75) is 180 Å². The average Bonchev–Trinajstić information content (AvgIpc) is 1.48. The molecule has 41 heteroatoms. The summed E-state index contributed by atoms with van der Waals surface area (Å²) in [5.74, 6) is -0.683. The summed E-state index contributed by atoms with van der Waals surface area (Å²) >= 11 is 24.5. The van der Waals surface area contributed by atoms with Crippen molar-refractivity contribution in [2.75, 3.05) is 128 Å². The summed E-state index contributed by atoms with van der Waals surface area (Å²) in [4.78, 5) is 188. The van der Waals surface area contributed by atoms with Gasteiger partial charge < -0.3 is 64.8 Å². The predicted molar refractivity (Wildman–Crippen MR) is 570 cm³/mol. The van der Waals surface area contributed by atoms with E-state index in [1.807, 2.05) is 133 Å². The lowest BCUT2D eigenvalue weighted by atomic mass is 10.0. The number of aryl methyl sites for hydroxylation is 4. The fourth-order valence-electron chi connectivity index (χ4n) is 16.5. The number of nitrogens with zero attached hydrogens (tertiary/aromatic N) is 13. The molecule has 12 amide bonds. The molecule has 5 aromatic carbocycles. The number of anilines is 4. The van der Waals surface area contributed by atoms with Gasteiger partial charge in [0.1, 0.15) is 11.9 Å². The first-order valence-electron chi connectivity index (χ1n) is 47.3. The van der Waals surface area contributed by atoms with E-state index in [0.29, 0.717) is 136 Å². The van der Waals surface area contributed by atoms with E-state index in [1.165, 1.54) is 116 Å². The molecule has 0 spiro atoms. The Hall–Kier alpha value is -11.1. The van der Waals surface area contributed by atoms with E-state index in [-0.39, 0.29) is 133 Å². The maximum Gasteiger partial charge on any atom is 0.257 e. The van der Waals surface area contributed by atoms with E-state index < -0.39 is 6.17 Å². The highest BCUT2D eigenvalue weighted by Gasteiger charge is 2.38. The first kappa shape index (κ1) is 110. The molecule has 3 saturated carbocycles. The largest absolute Gasteiger partial charge is 0.496 e. The van der Waals surface area contributed by atoms with Crippen molar-refractivity contribution in [3.05, 3.63) is 219 Å². The minimum atomic E-state index is -1.38. The molecule has 16 rings (SSSR count). The van der Waals surface area contributed by atoms with Crippen LogP contribution in [0.25, 0.3) is 0 Å². The molecule has 144 heavy (non-hydrogen) atoms. The second kappa shape index (κ2) is 50.8. The van der Waals surface area contributed by atoms with Crippen molar-refractivity contribution in [3.63, 3.8) is 0 Å². The molecule has 1 unspecified atom stereocenters. The van der Waals surface area contributed by atoms with Crippen molar-refractivity contribution in [1.29, 1.82) is 0 Å². The van der Waals surface area contributed by atoms with E-state index in [2.05, 4.69) is 73.6 Å². The monoisotopic (exact) mass is 2150 g/mol. The molecule has 4 atom stereocenters. The fourth-order valence-corrected chi connectivity index (χ4v) is 24.9. The number of aromatic nitrogens is 4. The van der Waals surface area contributed by atoms with Crippen molar-refractivity contribution >= 4 is 207 Å². The third kappa shape index (κ3) is 29.7. The zero-order valence-corrected chi connectivity index (χ0v) is 90.2. The number of rotatable bonds is 27. The molecule has 7 fully saturated rings. The smallest absolute Gasteiger partial charge is 0.257 e. The van der Waals surface area contributed by atoms with Crippen LogP contribution in [0.5, 0.6) is 5.75 Å². The van der Waals surface area contributed by atoms with Gasteiger partial charge in [0.15, 0.2) is 20.5 Å². The molecule has 0 radical (unpaired) electrons. The molecule has 0 bridgehead atoms. The first-order valence-corrected chi connectivity index (χ1v) is 54.6. The van der Waals surface area contributed by atoms with Gasteiger partial charge in [-0.3, -0.25) is 62.9 Å². The van der Waals surface area contributed by atoms with Gasteiger partial charge in [-0.25, -0.2) is 24.3 Å². The van der Waals surface area contributed by atoms with E-state index in [4.69, 9.17) is 27.9 Å². The number of halogens is 3. The second-order valence-electron chi connectivity index (χ2n) is 36.4. The van der Waals surface area contributed by atoms with Crippen LogP contribution in [-0.2, 0) is 40.1 Å². The third-order valence-corrected chi connectivity index (χ3v) is 34.0. The highest BCUT2D eigenvalue weighted by atomic mass is 35.5. The number of carbonyl (C=O) groups is 12. The SMILES string of the molecule is C=CC(=O)N1CCCN(C(=O)c2cc(Sc3cnc(NC(=O)C4CC4)s3)c(C)cc2Cl)C[C@H]1C.C=CC(=O)N1CCCN(C(=O)c2cc(Sc3cnc(NC(=O)C4CC4)s3)c(Cl)cc2C)C[C@H]1C.C=CC(=O)N1CCCN(C(=O)c2cc(Sc3cnc(NC(=O)C4CC4)s3)cc(C)c2C)C[C@H]1C.C=CC(=O)N1CCN(C(=O)c2cc(Sc3cnc(NC(=O)c4cccc(CN(C)C)c4)s3)c(C)cc2OC)CC(F)C1. The fraction of sp³-hybridized carbons (Fsp3) is 0.398. The van der Waals surface area contributed by atoms with Crippen molar-refractivity contribution in [3.8, 4) is 5.75 Å². The van der Waals surface area contributed by atoms with Gasteiger partial charge in [0.2, 0.25) is 41.4 Å². The maximum absolute atomic E-state index is 14.7. The third-order valence-electron chi connectivity index (χ3n) is 24.9. The summed E-state index contributed by atoms with van der Waals surface area (Å²) in [7, 11) is 5.43. The Morgan fingerprint density at radius 2 is 0.826 bits per heavy atom. The maximum atomic E-state index is 14.7. The number of hydrogen-bond donors (Lipinski definition) is 4. The van der Waals surface area contributed by atoms with Crippen molar-refractivity contribution in [1.82, 2.24) is 64.0 Å². The summed E-state index contributed by atoms with van der Waals surface area (Å²) in [6.45, 7) is 35.6. The standard InChI is InChI=1S/C30H34FN5O4S2.C25H30N4O3S2.2C24H27ClN4O3S2/c1-6-26(37)35-10-11-36(18-22(31)17-35)29(39)23-14-25(19(2)12-24(23)40-5)41-27-15-32-30(42-27)33-28(38)21-9-7-8-20(13-21)16-34(3)4;1-5-21(30)29-10-6-9-28(14-16(29)3)24(32)20-12-19(11-15(2)17(20)4)33-22-13-26-25(34-22)27-23(31)18-7-8-18;1-4-20(30)29-9-5-8-28(13-15(29)3)23(32)17-11-19(14(2)10-18(17)25)33-21-12-26-24(34-21)27-22(31)16-6-7-16;1-4-20(30)29-9-5-8-28(13-15(29)3)23(32)17-11-19(18(25)10-14(17)2)33-21-12-26-24(34-21)27-22(31)16-6-7-16/h6-9,12-15,22H,1,10-11,16-18H2,2-5H3,(H,32,33,38);5,11-13,16,18H,1,6-10,14H2,2-4H3,(H,26,27,31);2*4,10-12,15-16H,1,5-9,13H2,2-3H3,(H,26,27,31)/t;16-;2*15-/m.111/s1. The van der Waals surface area contributed by atoms with Crippen LogP contribution in [0, 0.1) is 52.4 Å². The number of benzene rings is 5. The molecule has 8 heterocycles. The van der Waals surface area contributed by atoms with Crippen LogP contribution in [0.2, 0.25) is 10.0 Å². The Morgan fingerprint density at radius 1 is 0.438 bits per heavy atom. The molecule has 30 nitrogen and oxygen atoms in total. The molecule has 4 aromatic heterocycles. The van der Waals surface area contributed by atoms with Gasteiger partial charge >= 0.3 is 0 Å². The van der Waals surface area contributed by atoms with Crippen LogP contribution >= 0.6 is 116 Å². The molecule has 4 aliphatic heterocycles. The number of hydrogen-bond acceptors (Lipinski definition) is 26. The van der Waals surface area contributed by atoms with Crippen LogP contribution in [0.4, 0.5) is 24.9 Å². The van der Waals surface area contributed by atoms with Gasteiger partial charge in [-0.2, -0.15) is 0 Å². The number of carbonyl (C=O) groups excluding carboxylic acids is 12. The van der Waals surface area contributed by atoms with Crippen LogP contribution in [0.15, 0.2) is 185 Å². The number of amides is 12. The van der Waals surface area contributed by atoms with Crippen LogP contribution < -0.4 is 26.0 Å². The molecule has 4 N–H and O–H groups in total. The summed E-state index contributed by atoms with van der Waals surface area (Å²) in [5.41, 5.74) is 8.26. The molecular formula is C103H118Cl2FN17O13S8. The molecule has 7 aliphatic rings. The van der Waals surface area contributed by atoms with Gasteiger partial charge in [0.05, 0.1) is 83.0 Å². The molecule has 9 aromatic rings. The molecule has 762 valence electrons. The quantitative estimate of drug-likeness (QED) is 0.0347. The second-order valence-corrected chi connectivity index (χ2v) is 46.7. The normalized spacial score (nSPS) is 17.5. The molecule has 3 aliphatic carbocycles. The van der Waals surface area contributed by atoms with Gasteiger partial charge in [0, 0.05) is 151 Å². The Balaban J connectivity index is 0.000000162. The minimum Gasteiger partial charge on any atom is -0.496 e. The summed E-state index contributed by atoms with van der Waals surface area (Å²) < 4.78 is 23.8. The highest BCUT2D eigenvalue weighted by molar-refractivity contribution is 8.02. The van der Waals surface area contributed by atoms with Crippen LogP contribution in [0.3, 0.4) is 0 Å². The Kier molecular flexibility index (Phi) is 38.8. The lowest BCUT2D eigenvalue weighted by Crippen LogP contribution is -2.43. The van der Waals surface area contributed by atoms with Crippen LogP contribution in [0.1, 0.15) is 164 Å². The van der Waals surface area contributed by atoms with Gasteiger partial charge in [-0.1, -0.05) is 154 Å². The number of nitrogens with one attached hydrogen (secondary N) is 4. The molecular weight excluding hydrogens is 2030 g/mol. The van der Waals surface area contributed by atoms with Gasteiger partial charge in [0.25, 0.3) is 29.5 Å². The summed E-state index contributed by atoms with van der Waals surface area (Å²) in [6.07, 6.45) is 18.4. The topological polar surface area (TPSA) is 343 Å².